The Hall–Kier alpha value is -1.40. The molecule has 0 bridgehead atoms. The molecule has 0 atom stereocenters. The van der Waals surface area contributed by atoms with Crippen LogP contribution in [-0.2, 0) is 14.0 Å². The average Bonchev–Trinajstić information content (AvgIpc) is 2.18. The summed E-state index contributed by atoms with van der Waals surface area (Å²) in [6.45, 7) is 1.76. The third-order valence-electron chi connectivity index (χ3n) is 2.14. The van der Waals surface area contributed by atoms with Gasteiger partial charge in [-0.3, -0.25) is 9.35 Å². The zero-order valence-corrected chi connectivity index (χ0v) is 10.1. The molecular formula is C10H16N2O3S. The van der Waals surface area contributed by atoms with Gasteiger partial charge in [0, 0.05) is 16.8 Å². The minimum absolute atomic E-state index is 0.132. The summed E-state index contributed by atoms with van der Waals surface area (Å²) in [6.07, 6.45) is 1.20. The van der Waals surface area contributed by atoms with E-state index in [4.69, 9.17) is 15.6 Å². The van der Waals surface area contributed by atoms with Gasteiger partial charge in [-0.15, -0.1) is 0 Å². The maximum Gasteiger partial charge on any atom is 0.392 e. The van der Waals surface area contributed by atoms with E-state index in [9.17, 15) is 9.00 Å². The van der Waals surface area contributed by atoms with Crippen molar-refractivity contribution < 1.29 is 13.7 Å². The van der Waals surface area contributed by atoms with Gasteiger partial charge in [-0.2, -0.15) is 0 Å². The highest BCUT2D eigenvalue weighted by atomic mass is 32.3. The Labute approximate surface area is 94.3 Å². The zero-order chi connectivity index (χ0) is 12.4. The SMILES string of the molecule is CCOC(=O)S(C)(N)(=O)c1ccc(N)cc1. The first kappa shape index (κ1) is 12.7. The molecule has 0 aliphatic rings. The Morgan fingerprint density at radius 1 is 1.38 bits per heavy atom. The van der Waals surface area contributed by atoms with E-state index in [0.29, 0.717) is 5.69 Å². The molecule has 0 radical (unpaired) electrons. The van der Waals surface area contributed by atoms with Crippen molar-refractivity contribution in [2.75, 3.05) is 18.6 Å². The summed E-state index contributed by atoms with van der Waals surface area (Å²) in [6, 6.07) is 6.03. The fourth-order valence-electron chi connectivity index (χ4n) is 1.17. The van der Waals surface area contributed by atoms with Gasteiger partial charge in [0.1, 0.15) is 0 Å². The topological polar surface area (TPSA) is 95.4 Å². The van der Waals surface area contributed by atoms with Gasteiger partial charge in [0.2, 0.25) is 0 Å². The van der Waals surface area contributed by atoms with Crippen molar-refractivity contribution in [2.24, 2.45) is 5.14 Å². The number of hydrogen-bond donors (Lipinski definition) is 2. The van der Waals surface area contributed by atoms with Crippen molar-refractivity contribution in [3.8, 4) is 0 Å². The number of anilines is 1. The highest BCUT2D eigenvalue weighted by Crippen LogP contribution is 2.28. The van der Waals surface area contributed by atoms with E-state index >= 15 is 0 Å². The Bertz CT molecular complexity index is 461. The van der Waals surface area contributed by atoms with Crippen molar-refractivity contribution in [3.05, 3.63) is 24.3 Å². The first-order valence-electron chi connectivity index (χ1n) is 4.73. The quantitative estimate of drug-likeness (QED) is 0.601. The van der Waals surface area contributed by atoms with Gasteiger partial charge in [0.15, 0.2) is 0 Å². The maximum atomic E-state index is 12.5. The Balaban J connectivity index is 3.22. The number of rotatable bonds is 2. The molecule has 0 aromatic heterocycles. The largest absolute Gasteiger partial charge is 0.456 e. The van der Waals surface area contributed by atoms with E-state index in [-0.39, 0.29) is 11.5 Å². The van der Waals surface area contributed by atoms with Gasteiger partial charge in [-0.25, -0.2) is 4.79 Å². The first-order valence-corrected chi connectivity index (χ1v) is 7.17. The predicted octanol–water partition coefficient (Wildman–Crippen LogP) is 1.11. The molecule has 1 rings (SSSR count). The van der Waals surface area contributed by atoms with Crippen molar-refractivity contribution >= 4 is 20.2 Å². The lowest BCUT2D eigenvalue weighted by molar-refractivity contribution is 0.178. The van der Waals surface area contributed by atoms with Crippen LogP contribution < -0.4 is 10.9 Å². The lowest BCUT2D eigenvalue weighted by Crippen LogP contribution is -2.49. The number of benzene rings is 1. The maximum absolute atomic E-state index is 12.5. The molecule has 90 valence electrons. The molecule has 0 saturated carbocycles. The average molecular weight is 244 g/mol. The van der Waals surface area contributed by atoms with Crippen LogP contribution in [0.25, 0.3) is 0 Å². The van der Waals surface area contributed by atoms with E-state index in [1.807, 2.05) is 0 Å². The molecule has 0 spiro atoms. The monoisotopic (exact) mass is 244 g/mol. The van der Waals surface area contributed by atoms with Crippen molar-refractivity contribution in [2.45, 2.75) is 11.8 Å². The van der Waals surface area contributed by atoms with E-state index in [1.165, 1.54) is 18.4 Å². The number of ether oxygens (including phenoxy) is 1. The van der Waals surface area contributed by atoms with Gasteiger partial charge < -0.3 is 10.5 Å². The normalized spacial score (nSPS) is 13.8. The molecule has 6 heteroatoms. The molecule has 16 heavy (non-hydrogen) atoms. The highest BCUT2D eigenvalue weighted by Gasteiger charge is 2.39. The Morgan fingerprint density at radius 2 is 1.88 bits per heavy atom. The van der Waals surface area contributed by atoms with Gasteiger partial charge in [0.05, 0.1) is 15.9 Å². The van der Waals surface area contributed by atoms with E-state index in [0.717, 1.165) is 0 Å². The molecule has 0 amide bonds. The lowest BCUT2D eigenvalue weighted by atomic mass is 10.3. The molecule has 4 N–H and O–H groups in total. The summed E-state index contributed by atoms with van der Waals surface area (Å²) < 4.78 is 17.2. The molecule has 0 aliphatic heterocycles. The number of carbonyl (C=O) groups excluding carboxylic acids is 1. The molecular weight excluding hydrogens is 228 g/mol. The second kappa shape index (κ2) is 3.88. The second-order valence-electron chi connectivity index (χ2n) is 3.66. The summed E-state index contributed by atoms with van der Waals surface area (Å²) in [5.41, 5.74) is 6.01. The lowest BCUT2D eigenvalue weighted by Gasteiger charge is -2.30. The van der Waals surface area contributed by atoms with Crippen LogP contribution in [0.5, 0.6) is 0 Å². The standard InChI is InChI=1S/C10H16N2O3S/c1-3-15-10(13)16(2,12,14)9-6-4-8(11)5-7-9/h4-7H,3,11H2,1-2H3,(H2,12,14). The van der Waals surface area contributed by atoms with Gasteiger partial charge in [-0.1, -0.05) is 0 Å². The van der Waals surface area contributed by atoms with Crippen molar-refractivity contribution in [1.29, 1.82) is 0 Å². The molecule has 0 aliphatic carbocycles. The summed E-state index contributed by atoms with van der Waals surface area (Å²) >= 11 is 0. The fraction of sp³-hybridized carbons (Fsp3) is 0.300. The molecule has 1 aromatic rings. The van der Waals surface area contributed by atoms with Gasteiger partial charge >= 0.3 is 5.30 Å². The van der Waals surface area contributed by atoms with Crippen molar-refractivity contribution in [1.82, 2.24) is 0 Å². The first-order chi connectivity index (χ1) is 7.26. The minimum Gasteiger partial charge on any atom is -0.456 e. The Kier molecular flexibility index (Phi) is 3.07. The van der Waals surface area contributed by atoms with E-state index < -0.39 is 14.6 Å². The van der Waals surface area contributed by atoms with Crippen LogP contribution in [0.1, 0.15) is 6.92 Å². The van der Waals surface area contributed by atoms with Gasteiger partial charge in [0.25, 0.3) is 0 Å². The Morgan fingerprint density at radius 3 is 2.31 bits per heavy atom. The number of nitrogens with two attached hydrogens (primary N) is 2. The number of carbonyl (C=O) groups is 1. The van der Waals surface area contributed by atoms with E-state index in [1.54, 1.807) is 19.1 Å². The molecule has 0 unspecified atom stereocenters. The van der Waals surface area contributed by atoms with Crippen LogP contribution in [0, 0.1) is 0 Å². The molecule has 0 fully saturated rings. The highest BCUT2D eigenvalue weighted by molar-refractivity contribution is 8.29. The zero-order valence-electron chi connectivity index (χ0n) is 9.30. The van der Waals surface area contributed by atoms with Crippen LogP contribution in [0.3, 0.4) is 0 Å². The number of hydrogen-bond acceptors (Lipinski definition) is 4. The fourth-order valence-corrected chi connectivity index (χ4v) is 2.58. The summed E-state index contributed by atoms with van der Waals surface area (Å²) in [4.78, 5) is 11.9. The van der Waals surface area contributed by atoms with Crippen LogP contribution in [0.4, 0.5) is 10.5 Å². The summed E-state index contributed by atoms with van der Waals surface area (Å²) in [5, 5.41) is 4.80. The second-order valence-corrected chi connectivity index (χ2v) is 7.29. The minimum atomic E-state index is -4.10. The number of nitrogen functional groups attached to an aromatic ring is 1. The third-order valence-corrected chi connectivity index (χ3v) is 4.53. The molecule has 1 aromatic carbocycles. The predicted molar refractivity (Wildman–Crippen MR) is 64.4 cm³/mol. The van der Waals surface area contributed by atoms with Gasteiger partial charge in [-0.05, 0) is 31.2 Å². The summed E-state index contributed by atoms with van der Waals surface area (Å²) in [7, 11) is -4.10. The molecule has 0 heterocycles. The van der Waals surface area contributed by atoms with Crippen molar-refractivity contribution in [3.63, 3.8) is 0 Å². The van der Waals surface area contributed by atoms with E-state index in [2.05, 4.69) is 0 Å². The van der Waals surface area contributed by atoms with Crippen LogP contribution in [0.2, 0.25) is 0 Å². The van der Waals surface area contributed by atoms with Crippen LogP contribution in [0.15, 0.2) is 29.2 Å². The summed E-state index contributed by atoms with van der Waals surface area (Å²) in [5.74, 6) is 0. The molecule has 0 saturated heterocycles. The van der Waals surface area contributed by atoms with Crippen LogP contribution in [-0.4, -0.2) is 22.4 Å². The third kappa shape index (κ3) is 2.23. The molecule has 5 nitrogen and oxygen atoms in total. The smallest absolute Gasteiger partial charge is 0.392 e. The van der Waals surface area contributed by atoms with Crippen LogP contribution >= 0.6 is 0 Å².